The highest BCUT2D eigenvalue weighted by molar-refractivity contribution is 5.68. The fourth-order valence-electron chi connectivity index (χ4n) is 3.72. The van der Waals surface area contributed by atoms with E-state index < -0.39 is 5.60 Å². The number of carbonyl (C=O) groups excluding carboxylic acids is 1. The second-order valence-electron chi connectivity index (χ2n) is 8.72. The molecule has 2 fully saturated rings. The van der Waals surface area contributed by atoms with Crippen molar-refractivity contribution in [2.75, 3.05) is 19.6 Å². The molecule has 6 heteroatoms. The molecule has 6 nitrogen and oxygen atoms in total. The third-order valence-corrected chi connectivity index (χ3v) is 4.85. The molecule has 2 saturated heterocycles. The Bertz CT molecular complexity index is 604. The summed E-state index contributed by atoms with van der Waals surface area (Å²) in [7, 11) is 0. The molecule has 0 aliphatic carbocycles. The van der Waals surface area contributed by atoms with E-state index in [0.717, 1.165) is 32.6 Å². The third-order valence-electron chi connectivity index (χ3n) is 4.85. The van der Waals surface area contributed by atoms with Crippen LogP contribution in [0.5, 0.6) is 0 Å². The van der Waals surface area contributed by atoms with Gasteiger partial charge in [-0.2, -0.15) is 5.10 Å². The standard InChI is InChI=1S/C18H30N4O2/c1-13(2)9-22-10-14(8-20-22)15-18(11-19-15)6-7-21(12-18)16(23)24-17(3,4)5/h8,10,13,15,19H,6-7,9,11-12H2,1-5H3. The molecule has 1 amide bonds. The van der Waals surface area contributed by atoms with Crippen LogP contribution >= 0.6 is 0 Å². The summed E-state index contributed by atoms with van der Waals surface area (Å²) in [4.78, 5) is 14.2. The zero-order chi connectivity index (χ0) is 17.5. The Morgan fingerprint density at radius 1 is 1.50 bits per heavy atom. The summed E-state index contributed by atoms with van der Waals surface area (Å²) < 4.78 is 7.54. The molecule has 1 aromatic rings. The van der Waals surface area contributed by atoms with E-state index in [0.29, 0.717) is 5.92 Å². The minimum atomic E-state index is -0.442. The summed E-state index contributed by atoms with van der Waals surface area (Å²) >= 11 is 0. The van der Waals surface area contributed by atoms with Gasteiger partial charge in [0.25, 0.3) is 0 Å². The van der Waals surface area contributed by atoms with Crippen LogP contribution < -0.4 is 5.32 Å². The van der Waals surface area contributed by atoms with Crippen LogP contribution in [0.2, 0.25) is 0 Å². The lowest BCUT2D eigenvalue weighted by Crippen LogP contribution is -2.57. The number of likely N-dealkylation sites (tertiary alicyclic amines) is 1. The number of aromatic nitrogens is 2. The Labute approximate surface area is 144 Å². The molecule has 24 heavy (non-hydrogen) atoms. The van der Waals surface area contributed by atoms with E-state index in [9.17, 15) is 4.79 Å². The maximum Gasteiger partial charge on any atom is 0.410 e. The smallest absolute Gasteiger partial charge is 0.410 e. The van der Waals surface area contributed by atoms with Crippen molar-refractivity contribution in [3.8, 4) is 0 Å². The molecule has 2 aliphatic heterocycles. The summed E-state index contributed by atoms with van der Waals surface area (Å²) in [6.45, 7) is 13.5. The average Bonchev–Trinajstić information content (AvgIpc) is 3.03. The van der Waals surface area contributed by atoms with Crippen LogP contribution in [0.4, 0.5) is 4.79 Å². The molecule has 2 aliphatic rings. The highest BCUT2D eigenvalue weighted by atomic mass is 16.6. The second kappa shape index (κ2) is 6.06. The third kappa shape index (κ3) is 3.43. The van der Waals surface area contributed by atoms with E-state index in [1.165, 1.54) is 5.56 Å². The monoisotopic (exact) mass is 334 g/mol. The van der Waals surface area contributed by atoms with Gasteiger partial charge in [-0.3, -0.25) is 4.68 Å². The highest BCUT2D eigenvalue weighted by Crippen LogP contribution is 2.48. The van der Waals surface area contributed by atoms with E-state index >= 15 is 0 Å². The predicted molar refractivity (Wildman–Crippen MR) is 92.7 cm³/mol. The van der Waals surface area contributed by atoms with Gasteiger partial charge in [-0.15, -0.1) is 0 Å². The molecule has 0 aromatic carbocycles. The van der Waals surface area contributed by atoms with Crippen molar-refractivity contribution in [3.05, 3.63) is 18.0 Å². The molecule has 0 saturated carbocycles. The van der Waals surface area contributed by atoms with Crippen LogP contribution in [0.3, 0.4) is 0 Å². The lowest BCUT2D eigenvalue weighted by Gasteiger charge is -2.47. The molecule has 0 radical (unpaired) electrons. The highest BCUT2D eigenvalue weighted by Gasteiger charge is 2.53. The SMILES string of the molecule is CC(C)Cn1cc(C2NCC23CCN(C(=O)OC(C)(C)C)C3)cn1. The number of nitrogens with zero attached hydrogens (tertiary/aromatic N) is 3. The van der Waals surface area contributed by atoms with Gasteiger partial charge < -0.3 is 15.0 Å². The Balaban J connectivity index is 1.65. The van der Waals surface area contributed by atoms with Crippen molar-refractivity contribution in [1.82, 2.24) is 20.0 Å². The van der Waals surface area contributed by atoms with Gasteiger partial charge in [0.05, 0.1) is 6.20 Å². The van der Waals surface area contributed by atoms with Gasteiger partial charge in [0.1, 0.15) is 5.60 Å². The molecular formula is C18H30N4O2. The van der Waals surface area contributed by atoms with Crippen LogP contribution in [-0.2, 0) is 11.3 Å². The van der Waals surface area contributed by atoms with Crippen molar-refractivity contribution in [2.45, 2.75) is 59.2 Å². The molecule has 1 N–H and O–H groups in total. The number of carbonyl (C=O) groups is 1. The van der Waals surface area contributed by atoms with Gasteiger partial charge in [0.2, 0.25) is 0 Å². The first-order valence-corrected chi connectivity index (χ1v) is 8.92. The van der Waals surface area contributed by atoms with Crippen LogP contribution in [0, 0.1) is 11.3 Å². The van der Waals surface area contributed by atoms with E-state index in [1.807, 2.05) is 36.5 Å². The van der Waals surface area contributed by atoms with Gasteiger partial charge in [-0.25, -0.2) is 4.79 Å². The molecule has 2 atom stereocenters. The first kappa shape index (κ1) is 17.3. The lowest BCUT2D eigenvalue weighted by molar-refractivity contribution is 0.0216. The van der Waals surface area contributed by atoms with Gasteiger partial charge in [0.15, 0.2) is 0 Å². The maximum atomic E-state index is 12.3. The number of nitrogens with one attached hydrogen (secondary N) is 1. The van der Waals surface area contributed by atoms with Crippen LogP contribution in [0.25, 0.3) is 0 Å². The van der Waals surface area contributed by atoms with Crippen molar-refractivity contribution in [3.63, 3.8) is 0 Å². The van der Waals surface area contributed by atoms with Crippen molar-refractivity contribution >= 4 is 6.09 Å². The summed E-state index contributed by atoms with van der Waals surface area (Å²) in [5.74, 6) is 0.579. The van der Waals surface area contributed by atoms with Crippen molar-refractivity contribution in [1.29, 1.82) is 0 Å². The fourth-order valence-corrected chi connectivity index (χ4v) is 3.72. The van der Waals surface area contributed by atoms with E-state index in [4.69, 9.17) is 4.74 Å². The molecule has 1 spiro atoms. The van der Waals surface area contributed by atoms with Crippen molar-refractivity contribution in [2.24, 2.45) is 11.3 Å². The second-order valence-corrected chi connectivity index (χ2v) is 8.72. The molecule has 3 heterocycles. The Morgan fingerprint density at radius 3 is 2.83 bits per heavy atom. The summed E-state index contributed by atoms with van der Waals surface area (Å²) in [5, 5.41) is 8.02. The lowest BCUT2D eigenvalue weighted by atomic mass is 9.70. The van der Waals surface area contributed by atoms with Gasteiger partial charge in [0, 0.05) is 49.4 Å². The van der Waals surface area contributed by atoms with Crippen molar-refractivity contribution < 1.29 is 9.53 Å². The number of amides is 1. The number of hydrogen-bond acceptors (Lipinski definition) is 4. The van der Waals surface area contributed by atoms with E-state index in [2.05, 4.69) is 30.5 Å². The molecular weight excluding hydrogens is 304 g/mol. The minimum absolute atomic E-state index is 0.128. The molecule has 2 unspecified atom stereocenters. The topological polar surface area (TPSA) is 59.4 Å². The quantitative estimate of drug-likeness (QED) is 0.923. The Morgan fingerprint density at radius 2 is 2.25 bits per heavy atom. The largest absolute Gasteiger partial charge is 0.444 e. The van der Waals surface area contributed by atoms with Gasteiger partial charge in [-0.1, -0.05) is 13.8 Å². The van der Waals surface area contributed by atoms with Crippen LogP contribution in [0.15, 0.2) is 12.4 Å². The van der Waals surface area contributed by atoms with Gasteiger partial charge >= 0.3 is 6.09 Å². The van der Waals surface area contributed by atoms with E-state index in [1.54, 1.807) is 0 Å². The first-order chi connectivity index (χ1) is 11.2. The maximum absolute atomic E-state index is 12.3. The number of hydrogen-bond donors (Lipinski definition) is 1. The van der Waals surface area contributed by atoms with Crippen LogP contribution in [0.1, 0.15) is 52.6 Å². The molecule has 134 valence electrons. The van der Waals surface area contributed by atoms with Gasteiger partial charge in [-0.05, 0) is 33.1 Å². The molecule has 0 bridgehead atoms. The number of ether oxygens (including phenoxy) is 1. The zero-order valence-electron chi connectivity index (χ0n) is 15.5. The zero-order valence-corrected chi connectivity index (χ0v) is 15.5. The average molecular weight is 334 g/mol. The number of rotatable bonds is 3. The molecule has 1 aromatic heterocycles. The predicted octanol–water partition coefficient (Wildman–Crippen LogP) is 2.81. The first-order valence-electron chi connectivity index (χ1n) is 8.92. The summed E-state index contributed by atoms with van der Waals surface area (Å²) in [6.07, 6.45) is 4.94. The fraction of sp³-hybridized carbons (Fsp3) is 0.778. The summed E-state index contributed by atoms with van der Waals surface area (Å²) in [6, 6.07) is 0.283. The normalized spacial score (nSPS) is 26.9. The van der Waals surface area contributed by atoms with E-state index in [-0.39, 0.29) is 17.6 Å². The Hall–Kier alpha value is -1.56. The molecule has 3 rings (SSSR count). The summed E-state index contributed by atoms with van der Waals surface area (Å²) in [5.41, 5.74) is 0.915. The minimum Gasteiger partial charge on any atom is -0.444 e. The van der Waals surface area contributed by atoms with Crippen LogP contribution in [-0.4, -0.2) is 46.0 Å². The Kier molecular flexibility index (Phi) is 4.36.